The van der Waals surface area contributed by atoms with Gasteiger partial charge in [0.15, 0.2) is 0 Å². The summed E-state index contributed by atoms with van der Waals surface area (Å²) >= 11 is 0. The Kier molecular flexibility index (Phi) is 5.17. The number of sulfonamides is 1. The van der Waals surface area contributed by atoms with Crippen LogP contribution >= 0.6 is 0 Å². The van der Waals surface area contributed by atoms with E-state index < -0.39 is 15.6 Å². The molecular weight excluding hydrogens is 342 g/mol. The smallest absolute Gasteiger partial charge is 0.240 e. The molecule has 7 heteroatoms. The fourth-order valence-electron chi connectivity index (χ4n) is 2.74. The summed E-state index contributed by atoms with van der Waals surface area (Å²) in [6.45, 7) is 2.46. The normalized spacial score (nSPS) is 17.2. The molecule has 1 unspecified atom stereocenters. The lowest BCUT2D eigenvalue weighted by Gasteiger charge is -2.26. The van der Waals surface area contributed by atoms with Crippen molar-refractivity contribution in [3.05, 3.63) is 48.4 Å². The third kappa shape index (κ3) is 4.05. The highest BCUT2D eigenvalue weighted by atomic mass is 32.2. The van der Waals surface area contributed by atoms with Gasteiger partial charge in [0.25, 0.3) is 0 Å². The zero-order chi connectivity index (χ0) is 17.9. The molecule has 0 aliphatic heterocycles. The van der Waals surface area contributed by atoms with Crippen molar-refractivity contribution in [3.63, 3.8) is 0 Å². The van der Waals surface area contributed by atoms with Crippen LogP contribution in [0.4, 0.5) is 0 Å². The van der Waals surface area contributed by atoms with Crippen LogP contribution in [0, 0.1) is 5.92 Å². The van der Waals surface area contributed by atoms with Crippen LogP contribution in [-0.2, 0) is 15.6 Å². The van der Waals surface area contributed by atoms with Crippen molar-refractivity contribution in [1.29, 1.82) is 0 Å². The summed E-state index contributed by atoms with van der Waals surface area (Å²) < 4.78 is 38.3. The van der Waals surface area contributed by atoms with Crippen molar-refractivity contribution < 1.29 is 22.7 Å². The van der Waals surface area contributed by atoms with Crippen LogP contribution in [0.3, 0.4) is 0 Å². The summed E-state index contributed by atoms with van der Waals surface area (Å²) in [5.41, 5.74) is -1.32. The molecule has 3 rings (SSSR count). The minimum absolute atomic E-state index is 0.00571. The van der Waals surface area contributed by atoms with Gasteiger partial charge in [-0.15, -0.1) is 0 Å². The van der Waals surface area contributed by atoms with E-state index in [0.29, 0.717) is 18.1 Å². The highest BCUT2D eigenvalue weighted by Crippen LogP contribution is 2.45. The molecule has 1 aromatic heterocycles. The second-order valence-corrected chi connectivity index (χ2v) is 8.09. The summed E-state index contributed by atoms with van der Waals surface area (Å²) in [5, 5.41) is 10.9. The largest absolute Gasteiger partial charge is 0.494 e. The van der Waals surface area contributed by atoms with Gasteiger partial charge in [0.2, 0.25) is 10.0 Å². The Labute approximate surface area is 147 Å². The predicted molar refractivity (Wildman–Crippen MR) is 92.7 cm³/mol. The number of furan rings is 1. The minimum Gasteiger partial charge on any atom is -0.494 e. The molecule has 0 radical (unpaired) electrons. The Morgan fingerprint density at radius 1 is 1.28 bits per heavy atom. The molecule has 0 bridgehead atoms. The Bertz CT molecular complexity index is 781. The minimum atomic E-state index is -3.73. The monoisotopic (exact) mass is 365 g/mol. The quantitative estimate of drug-likeness (QED) is 0.713. The van der Waals surface area contributed by atoms with Crippen LogP contribution in [0.2, 0.25) is 0 Å². The Morgan fingerprint density at radius 3 is 2.56 bits per heavy atom. The van der Waals surface area contributed by atoms with Gasteiger partial charge in [-0.2, -0.15) is 0 Å². The lowest BCUT2D eigenvalue weighted by molar-refractivity contribution is -0.00224. The Hall–Kier alpha value is -1.83. The molecule has 0 amide bonds. The zero-order valence-electron chi connectivity index (χ0n) is 14.1. The lowest BCUT2D eigenvalue weighted by atomic mass is 9.95. The van der Waals surface area contributed by atoms with Crippen molar-refractivity contribution in [2.24, 2.45) is 5.92 Å². The van der Waals surface area contributed by atoms with Crippen LogP contribution in [0.15, 0.2) is 52.0 Å². The highest BCUT2D eigenvalue weighted by molar-refractivity contribution is 7.89. The third-order valence-corrected chi connectivity index (χ3v) is 5.76. The van der Waals surface area contributed by atoms with Gasteiger partial charge in [0.1, 0.15) is 17.1 Å². The summed E-state index contributed by atoms with van der Waals surface area (Å²) in [4.78, 5) is 0.133. The van der Waals surface area contributed by atoms with E-state index in [-0.39, 0.29) is 17.4 Å². The van der Waals surface area contributed by atoms with Gasteiger partial charge in [0, 0.05) is 6.54 Å². The second-order valence-electron chi connectivity index (χ2n) is 6.32. The van der Waals surface area contributed by atoms with Crippen molar-refractivity contribution in [1.82, 2.24) is 4.72 Å². The molecule has 0 spiro atoms. The predicted octanol–water partition coefficient (Wildman–Crippen LogP) is 2.64. The molecule has 2 N–H and O–H groups in total. The van der Waals surface area contributed by atoms with E-state index in [1.165, 1.54) is 18.4 Å². The molecule has 1 aliphatic rings. The van der Waals surface area contributed by atoms with Crippen LogP contribution in [0.25, 0.3) is 0 Å². The molecule has 1 atom stereocenters. The average Bonchev–Trinajstić information content (AvgIpc) is 3.33. The van der Waals surface area contributed by atoms with E-state index in [1.807, 2.05) is 6.92 Å². The van der Waals surface area contributed by atoms with Crippen LogP contribution < -0.4 is 9.46 Å². The van der Waals surface area contributed by atoms with Crippen LogP contribution in [-0.4, -0.2) is 26.7 Å². The number of benzene rings is 1. The van der Waals surface area contributed by atoms with Gasteiger partial charge in [-0.3, -0.25) is 0 Å². The maximum atomic E-state index is 12.5. The highest BCUT2D eigenvalue weighted by Gasteiger charge is 2.47. The summed E-state index contributed by atoms with van der Waals surface area (Å²) in [5.74, 6) is 1.03. The molecular formula is C18H23NO5S. The molecule has 1 aliphatic carbocycles. The third-order valence-electron chi connectivity index (χ3n) is 4.34. The lowest BCUT2D eigenvalue weighted by Crippen LogP contribution is -2.42. The van der Waals surface area contributed by atoms with Crippen molar-refractivity contribution in [3.8, 4) is 5.75 Å². The van der Waals surface area contributed by atoms with Gasteiger partial charge in [-0.1, -0.05) is 6.92 Å². The molecule has 0 saturated heterocycles. The van der Waals surface area contributed by atoms with Crippen molar-refractivity contribution >= 4 is 10.0 Å². The first-order chi connectivity index (χ1) is 12.0. The number of hydrogen-bond donors (Lipinski definition) is 2. The van der Waals surface area contributed by atoms with Gasteiger partial charge in [-0.05, 0) is 61.6 Å². The zero-order valence-corrected chi connectivity index (χ0v) is 15.0. The number of rotatable bonds is 9. The molecule has 1 aromatic carbocycles. The van der Waals surface area contributed by atoms with Crippen molar-refractivity contribution in [2.45, 2.75) is 36.7 Å². The van der Waals surface area contributed by atoms with Gasteiger partial charge >= 0.3 is 0 Å². The van der Waals surface area contributed by atoms with E-state index in [1.54, 1.807) is 24.3 Å². The van der Waals surface area contributed by atoms with Crippen molar-refractivity contribution in [2.75, 3.05) is 13.2 Å². The summed E-state index contributed by atoms with van der Waals surface area (Å²) in [6.07, 6.45) is 4.06. The first-order valence-corrected chi connectivity index (χ1v) is 9.93. The van der Waals surface area contributed by atoms with E-state index in [9.17, 15) is 13.5 Å². The summed E-state index contributed by atoms with van der Waals surface area (Å²) in [6, 6.07) is 9.61. The first kappa shape index (κ1) is 18.0. The molecule has 6 nitrogen and oxygen atoms in total. The fourth-order valence-corrected chi connectivity index (χ4v) is 3.81. The molecule has 136 valence electrons. The van der Waals surface area contributed by atoms with Crippen LogP contribution in [0.5, 0.6) is 5.75 Å². The average molecular weight is 365 g/mol. The maximum absolute atomic E-state index is 12.5. The van der Waals surface area contributed by atoms with Gasteiger partial charge in [0.05, 0.1) is 17.8 Å². The maximum Gasteiger partial charge on any atom is 0.240 e. The van der Waals surface area contributed by atoms with Gasteiger partial charge in [-0.25, -0.2) is 13.1 Å². The molecule has 1 saturated carbocycles. The van der Waals surface area contributed by atoms with E-state index in [2.05, 4.69) is 4.72 Å². The molecule has 2 aromatic rings. The fraction of sp³-hybridized carbons (Fsp3) is 0.444. The van der Waals surface area contributed by atoms with E-state index >= 15 is 0 Å². The molecule has 25 heavy (non-hydrogen) atoms. The SMILES string of the molecule is CCCOc1ccc(S(=O)(=O)NCC(O)(c2ccco2)C2CC2)cc1. The van der Waals surface area contributed by atoms with Crippen LogP contribution in [0.1, 0.15) is 31.9 Å². The summed E-state index contributed by atoms with van der Waals surface area (Å²) in [7, 11) is -3.73. The Morgan fingerprint density at radius 2 is 2.00 bits per heavy atom. The number of hydrogen-bond acceptors (Lipinski definition) is 5. The molecule has 1 heterocycles. The van der Waals surface area contributed by atoms with E-state index in [0.717, 1.165) is 19.3 Å². The van der Waals surface area contributed by atoms with E-state index in [4.69, 9.17) is 9.15 Å². The molecule has 1 fully saturated rings. The van der Waals surface area contributed by atoms with Gasteiger partial charge < -0.3 is 14.3 Å². The number of aliphatic hydroxyl groups is 1. The Balaban J connectivity index is 1.70. The topological polar surface area (TPSA) is 88.8 Å². The number of nitrogens with one attached hydrogen (secondary N) is 1. The number of ether oxygens (including phenoxy) is 1. The second kappa shape index (κ2) is 7.19. The standard InChI is InChI=1S/C18H23NO5S/c1-2-11-23-15-7-9-16(10-8-15)25(21,22)19-13-18(20,14-5-6-14)17-4-3-12-24-17/h3-4,7-10,12,14,19-20H,2,5-6,11,13H2,1H3. The first-order valence-electron chi connectivity index (χ1n) is 8.44.